The Balaban J connectivity index is 3.11. The molecule has 2 N–H and O–H groups in total. The minimum atomic E-state index is -1.82. The van der Waals surface area contributed by atoms with E-state index in [4.69, 9.17) is 14.9 Å². The largest absolute Gasteiger partial charge is 0.496 e. The predicted octanol–water partition coefficient (Wildman–Crippen LogP) is 1.98. The van der Waals surface area contributed by atoms with Crippen molar-refractivity contribution in [3.63, 3.8) is 0 Å². The second kappa shape index (κ2) is 5.73. The molecule has 1 aromatic rings. The lowest BCUT2D eigenvalue weighted by molar-refractivity contribution is -0.163. The smallest absolute Gasteiger partial charge is 0.321 e. The van der Waals surface area contributed by atoms with Crippen molar-refractivity contribution in [1.29, 1.82) is 0 Å². The van der Waals surface area contributed by atoms with Gasteiger partial charge < -0.3 is 14.9 Å². The summed E-state index contributed by atoms with van der Waals surface area (Å²) < 4.78 is 5.18. The third-order valence-corrected chi connectivity index (χ3v) is 3.23. The zero-order chi connectivity index (χ0) is 14.6. The quantitative estimate of drug-likeness (QED) is 0.769. The van der Waals surface area contributed by atoms with Crippen molar-refractivity contribution in [1.82, 2.24) is 0 Å². The van der Waals surface area contributed by atoms with E-state index in [0.29, 0.717) is 5.56 Å². The number of methoxy groups -OCH3 is 1. The van der Waals surface area contributed by atoms with Gasteiger partial charge >= 0.3 is 11.9 Å². The van der Waals surface area contributed by atoms with Crippen molar-refractivity contribution in [2.75, 3.05) is 7.11 Å². The molecule has 0 spiro atoms. The van der Waals surface area contributed by atoms with Gasteiger partial charge in [-0.2, -0.15) is 0 Å². The highest BCUT2D eigenvalue weighted by Crippen LogP contribution is 2.27. The molecule has 0 aliphatic heterocycles. The van der Waals surface area contributed by atoms with Crippen molar-refractivity contribution in [3.8, 4) is 5.75 Å². The molecule has 1 rings (SSSR count). The molecule has 5 heteroatoms. The summed E-state index contributed by atoms with van der Waals surface area (Å²) in [5.74, 6) is -1.96. The number of benzene rings is 1. The van der Waals surface area contributed by atoms with Gasteiger partial charge in [0.25, 0.3) is 0 Å². The zero-order valence-electron chi connectivity index (χ0n) is 11.3. The molecule has 0 heterocycles. The maximum Gasteiger partial charge on any atom is 0.321 e. The number of carbonyl (C=O) groups is 2. The summed E-state index contributed by atoms with van der Waals surface area (Å²) in [5.41, 5.74) is -0.220. The first-order valence-electron chi connectivity index (χ1n) is 5.97. The third kappa shape index (κ3) is 3.05. The summed E-state index contributed by atoms with van der Waals surface area (Å²) >= 11 is 0. The number of carboxylic acid groups (broad SMARTS) is 2. The summed E-state index contributed by atoms with van der Waals surface area (Å²) in [5, 5.41) is 18.2. The highest BCUT2D eigenvalue weighted by molar-refractivity contribution is 5.98. The van der Waals surface area contributed by atoms with Gasteiger partial charge in [-0.25, -0.2) is 0 Å². The second-order valence-corrected chi connectivity index (χ2v) is 4.62. The SMILES string of the molecule is CCc1cc(CC(C)(C(=O)O)C(=O)O)ccc1OC. The van der Waals surface area contributed by atoms with Crippen LogP contribution in [0.2, 0.25) is 0 Å². The second-order valence-electron chi connectivity index (χ2n) is 4.62. The van der Waals surface area contributed by atoms with Gasteiger partial charge in [0.05, 0.1) is 7.11 Å². The number of aryl methyl sites for hydroxylation is 1. The summed E-state index contributed by atoms with van der Waals surface area (Å²) in [6, 6.07) is 5.23. The topological polar surface area (TPSA) is 83.8 Å². The number of hydrogen-bond acceptors (Lipinski definition) is 3. The van der Waals surface area contributed by atoms with Gasteiger partial charge in [0.15, 0.2) is 5.41 Å². The molecule has 0 aliphatic carbocycles. The number of ether oxygens (including phenoxy) is 1. The van der Waals surface area contributed by atoms with Crippen LogP contribution in [0.15, 0.2) is 18.2 Å². The van der Waals surface area contributed by atoms with Crippen LogP contribution in [0.1, 0.15) is 25.0 Å². The monoisotopic (exact) mass is 266 g/mol. The van der Waals surface area contributed by atoms with E-state index in [2.05, 4.69) is 0 Å². The van der Waals surface area contributed by atoms with E-state index in [1.54, 1.807) is 25.3 Å². The van der Waals surface area contributed by atoms with Crippen LogP contribution in [-0.2, 0) is 22.4 Å². The first kappa shape index (κ1) is 15.0. The lowest BCUT2D eigenvalue weighted by atomic mass is 9.83. The first-order chi connectivity index (χ1) is 8.85. The van der Waals surface area contributed by atoms with Crippen LogP contribution in [-0.4, -0.2) is 29.3 Å². The van der Waals surface area contributed by atoms with Crippen molar-refractivity contribution in [2.24, 2.45) is 5.41 Å². The van der Waals surface area contributed by atoms with Gasteiger partial charge in [-0.1, -0.05) is 19.1 Å². The highest BCUT2D eigenvalue weighted by atomic mass is 16.5. The standard InChI is InChI=1S/C14H18O5/c1-4-10-7-9(5-6-11(10)19-3)8-14(2,12(15)16)13(17)18/h5-7H,4,8H2,1-3H3,(H,15,16)(H,17,18). The molecule has 104 valence electrons. The normalized spacial score (nSPS) is 11.1. The first-order valence-corrected chi connectivity index (χ1v) is 5.97. The Labute approximate surface area is 111 Å². The lowest BCUT2D eigenvalue weighted by Crippen LogP contribution is -2.38. The molecule has 0 radical (unpaired) electrons. The minimum Gasteiger partial charge on any atom is -0.496 e. The van der Waals surface area contributed by atoms with E-state index >= 15 is 0 Å². The van der Waals surface area contributed by atoms with E-state index in [1.807, 2.05) is 6.92 Å². The van der Waals surface area contributed by atoms with Gasteiger partial charge in [0.2, 0.25) is 0 Å². The molecular formula is C14H18O5. The fourth-order valence-electron chi connectivity index (χ4n) is 1.87. The van der Waals surface area contributed by atoms with E-state index in [-0.39, 0.29) is 6.42 Å². The van der Waals surface area contributed by atoms with Crippen LogP contribution in [0.4, 0.5) is 0 Å². The van der Waals surface area contributed by atoms with E-state index in [9.17, 15) is 9.59 Å². The van der Waals surface area contributed by atoms with Gasteiger partial charge in [-0.3, -0.25) is 9.59 Å². The molecule has 0 saturated heterocycles. The van der Waals surface area contributed by atoms with E-state index < -0.39 is 17.4 Å². The number of aliphatic carboxylic acids is 2. The number of rotatable bonds is 6. The lowest BCUT2D eigenvalue weighted by Gasteiger charge is -2.20. The van der Waals surface area contributed by atoms with Crippen LogP contribution in [0, 0.1) is 5.41 Å². The van der Waals surface area contributed by atoms with Gasteiger partial charge in [-0.05, 0) is 37.0 Å². The molecule has 5 nitrogen and oxygen atoms in total. The molecule has 0 amide bonds. The molecule has 19 heavy (non-hydrogen) atoms. The van der Waals surface area contributed by atoms with Gasteiger partial charge in [0, 0.05) is 0 Å². The molecule has 0 aliphatic rings. The third-order valence-electron chi connectivity index (χ3n) is 3.23. The maximum atomic E-state index is 11.1. The minimum absolute atomic E-state index is 0.0609. The van der Waals surface area contributed by atoms with Crippen molar-refractivity contribution >= 4 is 11.9 Å². The van der Waals surface area contributed by atoms with Crippen molar-refractivity contribution in [2.45, 2.75) is 26.7 Å². The Kier molecular flexibility index (Phi) is 4.53. The van der Waals surface area contributed by atoms with Crippen molar-refractivity contribution in [3.05, 3.63) is 29.3 Å². The highest BCUT2D eigenvalue weighted by Gasteiger charge is 2.41. The van der Waals surface area contributed by atoms with Crippen LogP contribution in [0.3, 0.4) is 0 Å². The Morgan fingerprint density at radius 2 is 1.84 bits per heavy atom. The summed E-state index contributed by atoms with van der Waals surface area (Å²) in [6.45, 7) is 3.17. The van der Waals surface area contributed by atoms with Crippen LogP contribution >= 0.6 is 0 Å². The summed E-state index contributed by atoms with van der Waals surface area (Å²) in [4.78, 5) is 22.3. The van der Waals surface area contributed by atoms with Gasteiger partial charge in [-0.15, -0.1) is 0 Å². The fourth-order valence-corrected chi connectivity index (χ4v) is 1.87. The molecule has 0 bridgehead atoms. The molecule has 0 aromatic heterocycles. The van der Waals surface area contributed by atoms with Crippen molar-refractivity contribution < 1.29 is 24.5 Å². The average Bonchev–Trinajstić information content (AvgIpc) is 2.37. The fraction of sp³-hybridized carbons (Fsp3) is 0.429. The average molecular weight is 266 g/mol. The Morgan fingerprint density at radius 3 is 2.26 bits per heavy atom. The van der Waals surface area contributed by atoms with Crippen LogP contribution in [0.25, 0.3) is 0 Å². The Hall–Kier alpha value is -2.04. The summed E-state index contributed by atoms with van der Waals surface area (Å²) in [6.07, 6.45) is 0.669. The van der Waals surface area contributed by atoms with E-state index in [1.165, 1.54) is 6.92 Å². The molecule has 1 aromatic carbocycles. The molecular weight excluding hydrogens is 248 g/mol. The summed E-state index contributed by atoms with van der Waals surface area (Å²) in [7, 11) is 1.56. The molecule has 0 atom stereocenters. The van der Waals surface area contributed by atoms with E-state index in [0.717, 1.165) is 17.7 Å². The van der Waals surface area contributed by atoms with Gasteiger partial charge in [0.1, 0.15) is 5.75 Å². The molecule has 0 saturated carbocycles. The maximum absolute atomic E-state index is 11.1. The zero-order valence-corrected chi connectivity index (χ0v) is 11.3. The predicted molar refractivity (Wildman–Crippen MR) is 69.5 cm³/mol. The number of carboxylic acids is 2. The Bertz CT molecular complexity index is 479. The van der Waals surface area contributed by atoms with Crippen LogP contribution < -0.4 is 4.74 Å². The Morgan fingerprint density at radius 1 is 1.26 bits per heavy atom. The molecule has 0 unspecified atom stereocenters. The molecule has 0 fully saturated rings. The van der Waals surface area contributed by atoms with Crippen LogP contribution in [0.5, 0.6) is 5.75 Å². The number of hydrogen-bond donors (Lipinski definition) is 2.